The number of hydrogen-bond donors (Lipinski definition) is 2. The van der Waals surface area contributed by atoms with E-state index < -0.39 is 52.7 Å². The molecule has 1 unspecified atom stereocenters. The summed E-state index contributed by atoms with van der Waals surface area (Å²) < 4.78 is 44.8. The van der Waals surface area contributed by atoms with Crippen LogP contribution in [0.2, 0.25) is 5.02 Å². The van der Waals surface area contributed by atoms with Gasteiger partial charge in [-0.05, 0) is 69.2 Å². The number of halogens is 4. The fraction of sp³-hybridized carbons (Fsp3) is 0.625. The summed E-state index contributed by atoms with van der Waals surface area (Å²) in [5.41, 5.74) is -1.96. The largest absolute Gasteiger partial charge is 0.444 e. The molecule has 1 saturated heterocycles. The molecule has 4 rings (SSSR count). The van der Waals surface area contributed by atoms with Crippen LogP contribution in [-0.2, 0) is 38.4 Å². The average Bonchev–Trinajstić information content (AvgIpc) is 3.49. The lowest BCUT2D eigenvalue weighted by Gasteiger charge is -2.28. The zero-order chi connectivity index (χ0) is 26.6. The van der Waals surface area contributed by atoms with Crippen molar-refractivity contribution in [3.05, 3.63) is 33.8 Å². The van der Waals surface area contributed by atoms with Crippen molar-refractivity contribution in [2.24, 2.45) is 11.3 Å². The van der Waals surface area contributed by atoms with Gasteiger partial charge in [0.2, 0.25) is 11.8 Å². The van der Waals surface area contributed by atoms with E-state index >= 15 is 0 Å². The first-order chi connectivity index (χ1) is 16.6. The lowest BCUT2D eigenvalue weighted by molar-refractivity contribution is -0.165. The number of carbonyl (C=O) groups excluding carboxylic acids is 3. The molecule has 2 amide bonds. The molecule has 2 atom stereocenters. The van der Waals surface area contributed by atoms with Gasteiger partial charge >= 0.3 is 12.1 Å². The molecule has 1 aromatic rings. The van der Waals surface area contributed by atoms with Crippen molar-refractivity contribution in [2.45, 2.75) is 77.6 Å². The molecular weight excluding hydrogens is 503 g/mol. The minimum atomic E-state index is -4.59. The number of nitrogens with one attached hydrogen (secondary N) is 1. The maximum absolute atomic E-state index is 13.3. The Labute approximate surface area is 211 Å². The molecule has 3 aliphatic rings. The number of ether oxygens (including phenoxy) is 1. The molecule has 0 bridgehead atoms. The zero-order valence-electron chi connectivity index (χ0n) is 20.2. The van der Waals surface area contributed by atoms with Crippen molar-refractivity contribution in [3.8, 4) is 0 Å². The highest BCUT2D eigenvalue weighted by molar-refractivity contribution is 6.31. The van der Waals surface area contributed by atoms with Crippen LogP contribution in [0.15, 0.2) is 12.1 Å². The number of fused-ring (bicyclic) bond motifs is 1. The van der Waals surface area contributed by atoms with E-state index in [0.717, 1.165) is 23.8 Å². The first-order valence-corrected chi connectivity index (χ1v) is 12.1. The number of aliphatic hydroxyl groups excluding tert-OH is 1. The quantitative estimate of drug-likeness (QED) is 0.546. The van der Waals surface area contributed by atoms with Crippen molar-refractivity contribution < 1.29 is 37.4 Å². The zero-order valence-corrected chi connectivity index (χ0v) is 21.0. The maximum atomic E-state index is 13.3. The normalized spacial score (nSPS) is 24.3. The van der Waals surface area contributed by atoms with Crippen LogP contribution in [0.3, 0.4) is 0 Å². The predicted octanol–water partition coefficient (Wildman–Crippen LogP) is 3.38. The highest BCUT2D eigenvalue weighted by Crippen LogP contribution is 2.46. The maximum Gasteiger partial charge on any atom is 0.417 e. The fourth-order valence-corrected chi connectivity index (χ4v) is 5.03. The van der Waals surface area contributed by atoms with Gasteiger partial charge in [0.1, 0.15) is 5.54 Å². The van der Waals surface area contributed by atoms with E-state index in [1.54, 1.807) is 20.8 Å². The number of carbonyl (C=O) groups is 3. The molecule has 1 aliphatic carbocycles. The molecule has 1 saturated carbocycles. The van der Waals surface area contributed by atoms with Gasteiger partial charge in [-0.25, -0.2) is 0 Å². The Bertz CT molecular complexity index is 1090. The molecule has 12 heteroatoms. The van der Waals surface area contributed by atoms with Gasteiger partial charge in [-0.1, -0.05) is 11.6 Å². The monoisotopic (exact) mass is 531 g/mol. The van der Waals surface area contributed by atoms with Gasteiger partial charge in [-0.15, -0.1) is 0 Å². The van der Waals surface area contributed by atoms with Gasteiger partial charge in [0, 0.05) is 19.5 Å². The SMILES string of the molecule is CC(C)(C)C(=O)OCN1C(=O)[C@](CCC(=O)N2Cc3cc(Cl)c(C(F)(F)F)cc3C2)(C2CC2)NC1O. The minimum absolute atomic E-state index is 0.0176. The van der Waals surface area contributed by atoms with Crippen LogP contribution in [0.1, 0.15) is 63.1 Å². The van der Waals surface area contributed by atoms with E-state index in [2.05, 4.69) is 5.32 Å². The number of amides is 2. The Hall–Kier alpha value is -2.37. The molecule has 0 aromatic heterocycles. The lowest BCUT2D eigenvalue weighted by Crippen LogP contribution is -2.50. The minimum Gasteiger partial charge on any atom is -0.444 e. The molecular formula is C24H29ClF3N3O5. The Morgan fingerprint density at radius 2 is 1.81 bits per heavy atom. The molecule has 198 valence electrons. The third-order valence-corrected chi connectivity index (χ3v) is 7.26. The second-order valence-electron chi connectivity index (χ2n) is 10.7. The van der Waals surface area contributed by atoms with Crippen molar-refractivity contribution in [2.75, 3.05) is 6.73 Å². The van der Waals surface area contributed by atoms with E-state index in [-0.39, 0.29) is 37.8 Å². The van der Waals surface area contributed by atoms with Crippen molar-refractivity contribution >= 4 is 29.4 Å². The number of hydrogen-bond acceptors (Lipinski definition) is 6. The highest BCUT2D eigenvalue weighted by Gasteiger charge is 2.58. The Balaban J connectivity index is 1.41. The van der Waals surface area contributed by atoms with Crippen LogP contribution in [0.5, 0.6) is 0 Å². The number of nitrogens with zero attached hydrogens (tertiary/aromatic N) is 2. The molecule has 2 fully saturated rings. The van der Waals surface area contributed by atoms with E-state index in [0.29, 0.717) is 11.1 Å². The molecule has 0 spiro atoms. The smallest absolute Gasteiger partial charge is 0.417 e. The fourth-order valence-electron chi connectivity index (χ4n) is 4.74. The summed E-state index contributed by atoms with van der Waals surface area (Å²) in [6, 6.07) is 2.22. The second-order valence-corrected chi connectivity index (χ2v) is 11.1. The van der Waals surface area contributed by atoms with E-state index in [1.165, 1.54) is 11.0 Å². The standard InChI is InChI=1S/C24H29ClF3N3O5/c1-22(2,3)20(34)36-12-31-19(33)23(15-4-5-15,29-21(31)35)7-6-18(32)30-10-13-8-16(24(26,27)28)17(25)9-14(13)11-30/h8-9,15,21,29,35H,4-7,10-12H2,1-3H3/t21?,23-/m0/s1. The van der Waals surface area contributed by atoms with Crippen molar-refractivity contribution in [3.63, 3.8) is 0 Å². The summed E-state index contributed by atoms with van der Waals surface area (Å²) in [7, 11) is 0. The summed E-state index contributed by atoms with van der Waals surface area (Å²) in [6.45, 7) is 4.74. The Kier molecular flexibility index (Phi) is 6.81. The highest BCUT2D eigenvalue weighted by atomic mass is 35.5. The molecule has 2 heterocycles. The second kappa shape index (κ2) is 9.18. The number of benzene rings is 1. The van der Waals surface area contributed by atoms with Crippen LogP contribution in [0, 0.1) is 11.3 Å². The average molecular weight is 532 g/mol. The van der Waals surface area contributed by atoms with Crippen LogP contribution >= 0.6 is 11.6 Å². The molecule has 2 aliphatic heterocycles. The predicted molar refractivity (Wildman–Crippen MR) is 122 cm³/mol. The van der Waals surface area contributed by atoms with Gasteiger partial charge in [-0.3, -0.25) is 24.6 Å². The number of alkyl halides is 3. The number of esters is 1. The third-order valence-electron chi connectivity index (χ3n) is 6.95. The lowest BCUT2D eigenvalue weighted by atomic mass is 9.87. The summed E-state index contributed by atoms with van der Waals surface area (Å²) in [5.74, 6) is -1.38. The number of aliphatic hydroxyl groups is 1. The van der Waals surface area contributed by atoms with Crippen molar-refractivity contribution in [1.82, 2.24) is 15.1 Å². The summed E-state index contributed by atoms with van der Waals surface area (Å²) in [6.07, 6.45) is -4.45. The van der Waals surface area contributed by atoms with Crippen molar-refractivity contribution in [1.29, 1.82) is 0 Å². The van der Waals surface area contributed by atoms with Gasteiger partial charge in [0.15, 0.2) is 13.1 Å². The Morgan fingerprint density at radius 3 is 2.36 bits per heavy atom. The summed E-state index contributed by atoms with van der Waals surface area (Å²) in [5, 5.41) is 13.0. The van der Waals surface area contributed by atoms with Gasteiger partial charge in [-0.2, -0.15) is 13.2 Å². The summed E-state index contributed by atoms with van der Waals surface area (Å²) >= 11 is 5.81. The molecule has 2 N–H and O–H groups in total. The van der Waals surface area contributed by atoms with Crippen LogP contribution in [0.25, 0.3) is 0 Å². The van der Waals surface area contributed by atoms with Crippen LogP contribution < -0.4 is 5.32 Å². The van der Waals surface area contributed by atoms with E-state index in [4.69, 9.17) is 16.3 Å². The first kappa shape index (κ1) is 26.7. The molecule has 0 radical (unpaired) electrons. The topological polar surface area (TPSA) is 99.2 Å². The molecule has 8 nitrogen and oxygen atoms in total. The van der Waals surface area contributed by atoms with Gasteiger partial charge in [0.25, 0.3) is 0 Å². The Morgan fingerprint density at radius 1 is 1.19 bits per heavy atom. The van der Waals surface area contributed by atoms with Gasteiger partial charge < -0.3 is 14.7 Å². The third kappa shape index (κ3) is 5.05. The van der Waals surface area contributed by atoms with Gasteiger partial charge in [0.05, 0.1) is 16.0 Å². The van der Waals surface area contributed by atoms with E-state index in [1.807, 2.05) is 0 Å². The van der Waals surface area contributed by atoms with Crippen LogP contribution in [-0.4, -0.2) is 51.3 Å². The summed E-state index contributed by atoms with van der Waals surface area (Å²) in [4.78, 5) is 40.9. The van der Waals surface area contributed by atoms with Crippen LogP contribution in [0.4, 0.5) is 13.2 Å². The van der Waals surface area contributed by atoms with E-state index in [9.17, 15) is 32.7 Å². The number of rotatable bonds is 6. The first-order valence-electron chi connectivity index (χ1n) is 11.7. The molecule has 1 aromatic carbocycles. The molecule has 36 heavy (non-hydrogen) atoms.